The molecular weight excluding hydrogens is 248 g/mol. The van der Waals surface area contributed by atoms with E-state index in [0.717, 1.165) is 4.88 Å². The predicted octanol–water partition coefficient (Wildman–Crippen LogP) is 4.34. The van der Waals surface area contributed by atoms with Crippen molar-refractivity contribution in [2.45, 2.75) is 18.7 Å². The molecule has 1 heterocycles. The highest BCUT2D eigenvalue weighted by atomic mass is 32.2. The fourth-order valence-corrected chi connectivity index (χ4v) is 3.26. The van der Waals surface area contributed by atoms with E-state index in [4.69, 9.17) is 0 Å². The van der Waals surface area contributed by atoms with Crippen LogP contribution in [-0.4, -0.2) is 11.5 Å². The molecule has 17 heavy (non-hydrogen) atoms. The summed E-state index contributed by atoms with van der Waals surface area (Å²) in [5.41, 5.74) is 2.51. The minimum absolute atomic E-state index is 0.213. The Kier molecular flexibility index (Phi) is 4.02. The van der Waals surface area contributed by atoms with Gasteiger partial charge in [0.25, 0.3) is 0 Å². The van der Waals surface area contributed by atoms with Gasteiger partial charge in [-0.15, -0.1) is 23.1 Å². The normalized spacial score (nSPS) is 10.5. The van der Waals surface area contributed by atoms with Crippen molar-refractivity contribution in [3.05, 3.63) is 51.7 Å². The van der Waals surface area contributed by atoms with Crippen LogP contribution in [0.15, 0.2) is 40.6 Å². The van der Waals surface area contributed by atoms with Gasteiger partial charge < -0.3 is 0 Å². The van der Waals surface area contributed by atoms with Gasteiger partial charge in [-0.1, -0.05) is 23.8 Å². The maximum Gasteiger partial charge on any atom is 0.182 e. The van der Waals surface area contributed by atoms with Crippen molar-refractivity contribution in [3.63, 3.8) is 0 Å². The van der Waals surface area contributed by atoms with Crippen LogP contribution in [0.4, 0.5) is 0 Å². The van der Waals surface area contributed by atoms with Gasteiger partial charge in [0.1, 0.15) is 0 Å². The third kappa shape index (κ3) is 3.20. The summed E-state index contributed by atoms with van der Waals surface area (Å²) in [5.74, 6) is 0.731. The van der Waals surface area contributed by atoms with E-state index in [1.165, 1.54) is 27.4 Å². The zero-order chi connectivity index (χ0) is 12.3. The molecule has 0 radical (unpaired) electrons. The fraction of sp³-hybridized carbons (Fsp3) is 0.214. The highest BCUT2D eigenvalue weighted by Gasteiger charge is 2.08. The summed E-state index contributed by atoms with van der Waals surface area (Å²) in [6, 6.07) is 10.1. The van der Waals surface area contributed by atoms with Crippen LogP contribution in [0.1, 0.15) is 20.8 Å². The average molecular weight is 262 g/mol. The lowest BCUT2D eigenvalue weighted by Gasteiger charge is -2.05. The second kappa shape index (κ2) is 5.52. The lowest BCUT2D eigenvalue weighted by Crippen LogP contribution is -1.99. The number of ketones is 1. The number of thioether (sulfide) groups is 1. The van der Waals surface area contributed by atoms with Gasteiger partial charge in [-0.3, -0.25) is 4.79 Å². The molecule has 0 spiro atoms. The van der Waals surface area contributed by atoms with E-state index in [-0.39, 0.29) is 5.78 Å². The molecule has 0 aliphatic carbocycles. The first-order valence-electron chi connectivity index (χ1n) is 5.43. The number of rotatable bonds is 4. The molecule has 0 saturated heterocycles. The zero-order valence-electron chi connectivity index (χ0n) is 9.90. The number of benzene rings is 1. The quantitative estimate of drug-likeness (QED) is 0.602. The van der Waals surface area contributed by atoms with Crippen LogP contribution in [0.25, 0.3) is 0 Å². The number of Topliss-reactive ketones (excluding diaryl/α,β-unsaturated/α-hetero) is 1. The van der Waals surface area contributed by atoms with E-state index < -0.39 is 0 Å². The highest BCUT2D eigenvalue weighted by Crippen LogP contribution is 2.24. The Morgan fingerprint density at radius 1 is 1.29 bits per heavy atom. The van der Waals surface area contributed by atoms with Crippen LogP contribution in [0.3, 0.4) is 0 Å². The molecule has 1 nitrogen and oxygen atoms in total. The largest absolute Gasteiger partial charge is 0.292 e. The van der Waals surface area contributed by atoms with Gasteiger partial charge in [0.2, 0.25) is 0 Å². The van der Waals surface area contributed by atoms with Gasteiger partial charge in [-0.05, 0) is 36.9 Å². The van der Waals surface area contributed by atoms with Gasteiger partial charge in [0.15, 0.2) is 5.78 Å². The van der Waals surface area contributed by atoms with Gasteiger partial charge in [0, 0.05) is 4.90 Å². The first-order valence-corrected chi connectivity index (χ1v) is 7.30. The molecule has 0 N–H and O–H groups in total. The predicted molar refractivity (Wildman–Crippen MR) is 75.3 cm³/mol. The third-order valence-electron chi connectivity index (χ3n) is 2.49. The summed E-state index contributed by atoms with van der Waals surface area (Å²) < 4.78 is 0. The molecule has 0 atom stereocenters. The second-order valence-electron chi connectivity index (χ2n) is 3.96. The van der Waals surface area contributed by atoms with E-state index in [2.05, 4.69) is 32.0 Å². The number of hydrogen-bond acceptors (Lipinski definition) is 3. The lowest BCUT2D eigenvalue weighted by molar-refractivity contribution is 0.102. The average Bonchev–Trinajstić information content (AvgIpc) is 2.81. The van der Waals surface area contributed by atoms with Crippen molar-refractivity contribution in [1.82, 2.24) is 0 Å². The summed E-state index contributed by atoms with van der Waals surface area (Å²) in [6.45, 7) is 4.17. The maximum atomic E-state index is 11.8. The molecule has 0 unspecified atom stereocenters. The molecule has 1 aromatic carbocycles. The maximum absolute atomic E-state index is 11.8. The first kappa shape index (κ1) is 12.4. The Morgan fingerprint density at radius 2 is 2.12 bits per heavy atom. The van der Waals surface area contributed by atoms with E-state index in [1.807, 2.05) is 17.5 Å². The van der Waals surface area contributed by atoms with Gasteiger partial charge >= 0.3 is 0 Å². The van der Waals surface area contributed by atoms with Crippen LogP contribution in [0, 0.1) is 13.8 Å². The van der Waals surface area contributed by atoms with Crippen molar-refractivity contribution < 1.29 is 4.79 Å². The minimum atomic E-state index is 0.213. The van der Waals surface area contributed by atoms with E-state index in [1.54, 1.807) is 11.8 Å². The molecule has 2 rings (SSSR count). The zero-order valence-corrected chi connectivity index (χ0v) is 11.5. The van der Waals surface area contributed by atoms with Gasteiger partial charge in [0.05, 0.1) is 10.6 Å². The summed E-state index contributed by atoms with van der Waals surface area (Å²) in [5, 5.41) is 1.94. The molecule has 0 fully saturated rings. The smallest absolute Gasteiger partial charge is 0.182 e. The number of thiophene rings is 1. The topological polar surface area (TPSA) is 17.1 Å². The van der Waals surface area contributed by atoms with Crippen molar-refractivity contribution in [2.24, 2.45) is 0 Å². The summed E-state index contributed by atoms with van der Waals surface area (Å²) in [4.78, 5) is 13.9. The molecule has 0 aliphatic rings. The number of aryl methyl sites for hydroxylation is 2. The third-order valence-corrected chi connectivity index (χ3v) is 4.57. The van der Waals surface area contributed by atoms with Crippen molar-refractivity contribution in [1.29, 1.82) is 0 Å². The molecule has 0 amide bonds. The monoisotopic (exact) mass is 262 g/mol. The van der Waals surface area contributed by atoms with Crippen molar-refractivity contribution in [2.75, 3.05) is 5.75 Å². The highest BCUT2D eigenvalue weighted by molar-refractivity contribution is 8.00. The Hall–Kier alpha value is -1.06. The molecule has 1 aromatic heterocycles. The Balaban J connectivity index is 2.01. The minimum Gasteiger partial charge on any atom is -0.292 e. The van der Waals surface area contributed by atoms with E-state index in [0.29, 0.717) is 5.75 Å². The Morgan fingerprint density at radius 3 is 2.76 bits per heavy atom. The van der Waals surface area contributed by atoms with Crippen LogP contribution >= 0.6 is 23.1 Å². The summed E-state index contributed by atoms with van der Waals surface area (Å²) in [6.07, 6.45) is 0. The molecule has 0 bridgehead atoms. The van der Waals surface area contributed by atoms with E-state index in [9.17, 15) is 4.79 Å². The van der Waals surface area contributed by atoms with Crippen LogP contribution in [-0.2, 0) is 0 Å². The Labute approximate surface area is 110 Å². The van der Waals surface area contributed by atoms with Gasteiger partial charge in [-0.25, -0.2) is 0 Å². The molecule has 0 aliphatic heterocycles. The molecule has 0 saturated carbocycles. The molecular formula is C14H14OS2. The molecule has 2 aromatic rings. The first-order chi connectivity index (χ1) is 8.16. The number of carbonyl (C=O) groups excluding carboxylic acids is 1. The lowest BCUT2D eigenvalue weighted by atomic mass is 10.2. The van der Waals surface area contributed by atoms with Crippen molar-refractivity contribution in [3.8, 4) is 0 Å². The van der Waals surface area contributed by atoms with Crippen LogP contribution in [0.2, 0.25) is 0 Å². The standard InChI is InChI=1S/C14H14OS2/c1-10-5-6-13(11(2)8-10)17-9-12(15)14-4-3-7-16-14/h3-8H,9H2,1-2H3. The molecule has 88 valence electrons. The SMILES string of the molecule is Cc1ccc(SCC(=O)c2cccs2)c(C)c1. The second-order valence-corrected chi connectivity index (χ2v) is 5.92. The summed E-state index contributed by atoms with van der Waals surface area (Å²) >= 11 is 3.13. The fourth-order valence-electron chi connectivity index (χ4n) is 1.61. The van der Waals surface area contributed by atoms with Crippen LogP contribution < -0.4 is 0 Å². The number of carbonyl (C=O) groups is 1. The molecule has 3 heteroatoms. The number of hydrogen-bond donors (Lipinski definition) is 0. The van der Waals surface area contributed by atoms with Gasteiger partial charge in [-0.2, -0.15) is 0 Å². The van der Waals surface area contributed by atoms with Crippen molar-refractivity contribution >= 4 is 28.9 Å². The van der Waals surface area contributed by atoms with E-state index >= 15 is 0 Å². The Bertz CT molecular complexity index is 515. The van der Waals surface area contributed by atoms with Crippen LogP contribution in [0.5, 0.6) is 0 Å². The summed E-state index contributed by atoms with van der Waals surface area (Å²) in [7, 11) is 0.